The van der Waals surface area contributed by atoms with Gasteiger partial charge in [0.15, 0.2) is 5.75 Å². The Kier molecular flexibility index (Phi) is 4.70. The first-order valence-corrected chi connectivity index (χ1v) is 6.99. The smallest absolute Gasteiger partial charge is 0.157 e. The standard InChI is InChI=1S/C17H20NO3/c1-4-17(2,3)20-15-11-8-12-16(13-15)21-18(19)14-9-6-5-7-10-14/h5-13H,4H2,1-3H3/q-1. The van der Waals surface area contributed by atoms with Crippen LogP contribution in [0.25, 0.3) is 0 Å². The molecule has 4 nitrogen and oxygen atoms in total. The molecular weight excluding hydrogens is 266 g/mol. The predicted octanol–water partition coefficient (Wildman–Crippen LogP) is 4.55. The molecule has 0 amide bonds. The summed E-state index contributed by atoms with van der Waals surface area (Å²) in [5, 5.41) is 12.4. The number of rotatable bonds is 6. The maximum atomic E-state index is 11.9. The van der Waals surface area contributed by atoms with Gasteiger partial charge in [-0.1, -0.05) is 31.2 Å². The Morgan fingerprint density at radius 1 is 1.00 bits per heavy atom. The molecule has 0 N–H and O–H groups in total. The van der Waals surface area contributed by atoms with Gasteiger partial charge in [0.2, 0.25) is 0 Å². The van der Waals surface area contributed by atoms with Gasteiger partial charge in [0.05, 0.1) is 5.69 Å². The normalized spacial score (nSPS) is 11.0. The largest absolute Gasteiger partial charge is 0.724 e. The van der Waals surface area contributed by atoms with E-state index < -0.39 is 0 Å². The summed E-state index contributed by atoms with van der Waals surface area (Å²) < 4.78 is 5.88. The van der Waals surface area contributed by atoms with Crippen molar-refractivity contribution in [3.8, 4) is 11.5 Å². The van der Waals surface area contributed by atoms with Crippen LogP contribution in [-0.4, -0.2) is 5.60 Å². The molecule has 0 bridgehead atoms. The van der Waals surface area contributed by atoms with Crippen LogP contribution in [0.15, 0.2) is 54.6 Å². The van der Waals surface area contributed by atoms with Gasteiger partial charge < -0.3 is 14.8 Å². The van der Waals surface area contributed by atoms with Gasteiger partial charge in [0.1, 0.15) is 11.4 Å². The van der Waals surface area contributed by atoms with E-state index in [4.69, 9.17) is 9.57 Å². The summed E-state index contributed by atoms with van der Waals surface area (Å²) in [7, 11) is 0. The molecule has 0 atom stereocenters. The van der Waals surface area contributed by atoms with Crippen molar-refractivity contribution in [1.82, 2.24) is 0 Å². The highest BCUT2D eigenvalue weighted by Crippen LogP contribution is 2.26. The fraction of sp³-hybridized carbons (Fsp3) is 0.294. The van der Waals surface area contributed by atoms with Crippen molar-refractivity contribution < 1.29 is 9.57 Å². The van der Waals surface area contributed by atoms with E-state index in [2.05, 4.69) is 6.92 Å². The van der Waals surface area contributed by atoms with Crippen LogP contribution in [0.3, 0.4) is 0 Å². The van der Waals surface area contributed by atoms with Gasteiger partial charge >= 0.3 is 0 Å². The second-order valence-electron chi connectivity index (χ2n) is 5.37. The van der Waals surface area contributed by atoms with Crippen molar-refractivity contribution in [2.24, 2.45) is 0 Å². The molecule has 0 saturated carbocycles. The van der Waals surface area contributed by atoms with Gasteiger partial charge in [-0.05, 0) is 44.5 Å². The van der Waals surface area contributed by atoms with E-state index in [9.17, 15) is 5.21 Å². The predicted molar refractivity (Wildman–Crippen MR) is 84.4 cm³/mol. The Morgan fingerprint density at radius 2 is 1.67 bits per heavy atom. The minimum atomic E-state index is -0.255. The summed E-state index contributed by atoms with van der Waals surface area (Å²) in [6.45, 7) is 6.10. The molecule has 0 spiro atoms. The van der Waals surface area contributed by atoms with Crippen molar-refractivity contribution in [3.63, 3.8) is 0 Å². The lowest BCUT2D eigenvalue weighted by molar-refractivity contribution is 0.105. The van der Waals surface area contributed by atoms with E-state index in [0.29, 0.717) is 22.4 Å². The molecule has 0 fully saturated rings. The van der Waals surface area contributed by atoms with Gasteiger partial charge in [0.25, 0.3) is 0 Å². The third kappa shape index (κ3) is 4.39. The van der Waals surface area contributed by atoms with E-state index in [1.807, 2.05) is 26.0 Å². The molecule has 0 aromatic heterocycles. The molecule has 0 saturated heterocycles. The topological polar surface area (TPSA) is 44.8 Å². The van der Waals surface area contributed by atoms with Gasteiger partial charge in [-0.25, -0.2) is 0 Å². The van der Waals surface area contributed by atoms with Crippen LogP contribution in [0.2, 0.25) is 0 Å². The van der Waals surface area contributed by atoms with E-state index in [-0.39, 0.29) is 5.60 Å². The molecule has 0 aliphatic rings. The first kappa shape index (κ1) is 15.2. The first-order valence-electron chi connectivity index (χ1n) is 6.99. The van der Waals surface area contributed by atoms with Crippen LogP contribution < -0.4 is 14.8 Å². The number of para-hydroxylation sites is 1. The Labute approximate surface area is 125 Å². The van der Waals surface area contributed by atoms with Crippen LogP contribution in [0.5, 0.6) is 11.5 Å². The SMILES string of the molecule is CCC(C)(C)Oc1cccc(ON([O-])c2ccccc2)c1. The zero-order valence-electron chi connectivity index (χ0n) is 12.6. The lowest BCUT2D eigenvalue weighted by Gasteiger charge is -2.30. The summed E-state index contributed by atoms with van der Waals surface area (Å²) in [5.41, 5.74) is 0.188. The number of ether oxygens (including phenoxy) is 1. The Hall–Kier alpha value is -2.20. The highest BCUT2D eigenvalue weighted by molar-refractivity contribution is 5.45. The average molecular weight is 286 g/mol. The molecule has 2 aromatic carbocycles. The minimum Gasteiger partial charge on any atom is -0.724 e. The highest BCUT2D eigenvalue weighted by Gasteiger charge is 2.16. The molecule has 2 aromatic rings. The second kappa shape index (κ2) is 6.50. The summed E-state index contributed by atoms with van der Waals surface area (Å²) in [5.74, 6) is 1.12. The van der Waals surface area contributed by atoms with E-state index in [1.54, 1.807) is 42.5 Å². The second-order valence-corrected chi connectivity index (χ2v) is 5.37. The fourth-order valence-electron chi connectivity index (χ4n) is 1.68. The summed E-state index contributed by atoms with van der Waals surface area (Å²) in [4.78, 5) is 5.29. The summed E-state index contributed by atoms with van der Waals surface area (Å²) in [6, 6.07) is 15.9. The monoisotopic (exact) mass is 286 g/mol. The van der Waals surface area contributed by atoms with Crippen molar-refractivity contribution in [2.45, 2.75) is 32.8 Å². The average Bonchev–Trinajstić information content (AvgIpc) is 2.48. The van der Waals surface area contributed by atoms with E-state index >= 15 is 0 Å². The number of nitrogens with zero attached hydrogens (tertiary/aromatic N) is 1. The van der Waals surface area contributed by atoms with Crippen molar-refractivity contribution in [1.29, 1.82) is 0 Å². The van der Waals surface area contributed by atoms with Crippen LogP contribution in [0.1, 0.15) is 27.2 Å². The van der Waals surface area contributed by atoms with E-state index in [1.165, 1.54) is 0 Å². The Balaban J connectivity index is 2.08. The maximum Gasteiger partial charge on any atom is 0.157 e. The third-order valence-corrected chi connectivity index (χ3v) is 3.21. The Morgan fingerprint density at radius 3 is 2.33 bits per heavy atom. The van der Waals surface area contributed by atoms with Crippen LogP contribution in [-0.2, 0) is 0 Å². The fourth-order valence-corrected chi connectivity index (χ4v) is 1.68. The summed E-state index contributed by atoms with van der Waals surface area (Å²) in [6.07, 6.45) is 0.885. The van der Waals surface area contributed by atoms with Crippen molar-refractivity contribution in [2.75, 3.05) is 5.23 Å². The number of hydrogen-bond donors (Lipinski definition) is 0. The highest BCUT2D eigenvalue weighted by atomic mass is 16.9. The molecule has 2 rings (SSSR count). The minimum absolute atomic E-state index is 0.255. The van der Waals surface area contributed by atoms with E-state index in [0.717, 1.165) is 6.42 Å². The van der Waals surface area contributed by atoms with Crippen molar-refractivity contribution >= 4 is 5.69 Å². The third-order valence-electron chi connectivity index (χ3n) is 3.21. The molecule has 112 valence electrons. The molecular formula is C17H20NO3-. The molecule has 0 aliphatic carbocycles. The molecule has 0 heterocycles. The lowest BCUT2D eigenvalue weighted by atomic mass is 10.1. The van der Waals surface area contributed by atoms with Gasteiger partial charge in [-0.3, -0.25) is 5.23 Å². The van der Waals surface area contributed by atoms with Gasteiger partial charge in [0, 0.05) is 6.07 Å². The number of hydrogen-bond acceptors (Lipinski definition) is 4. The van der Waals surface area contributed by atoms with Crippen molar-refractivity contribution in [3.05, 3.63) is 59.8 Å². The Bertz CT molecular complexity index is 569. The molecule has 0 aliphatic heterocycles. The summed E-state index contributed by atoms with van der Waals surface area (Å²) >= 11 is 0. The van der Waals surface area contributed by atoms with Crippen LogP contribution >= 0.6 is 0 Å². The maximum absolute atomic E-state index is 11.9. The van der Waals surface area contributed by atoms with Crippen LogP contribution in [0.4, 0.5) is 5.69 Å². The molecule has 21 heavy (non-hydrogen) atoms. The van der Waals surface area contributed by atoms with Gasteiger partial charge in [-0.2, -0.15) is 0 Å². The number of anilines is 1. The van der Waals surface area contributed by atoms with Crippen LogP contribution in [0, 0.1) is 5.21 Å². The number of benzene rings is 2. The van der Waals surface area contributed by atoms with Gasteiger partial charge in [-0.15, -0.1) is 0 Å². The zero-order chi connectivity index (χ0) is 15.3. The first-order chi connectivity index (χ1) is 10.00. The quantitative estimate of drug-likeness (QED) is 0.731. The molecule has 4 heteroatoms. The zero-order valence-corrected chi connectivity index (χ0v) is 12.6. The molecule has 0 unspecified atom stereocenters. The molecule has 0 radical (unpaired) electrons. The lowest BCUT2D eigenvalue weighted by Crippen LogP contribution is -2.26.